The molecule has 0 aromatic carbocycles. The van der Waals surface area contributed by atoms with Crippen molar-refractivity contribution in [3.05, 3.63) is 0 Å². The van der Waals surface area contributed by atoms with Crippen molar-refractivity contribution in [3.63, 3.8) is 0 Å². The average Bonchev–Trinajstić information content (AvgIpc) is 2.36. The lowest BCUT2D eigenvalue weighted by atomic mass is 9.90. The minimum Gasteiger partial charge on any atom is -0.450 e. The van der Waals surface area contributed by atoms with E-state index in [9.17, 15) is 4.79 Å². The van der Waals surface area contributed by atoms with E-state index >= 15 is 0 Å². The summed E-state index contributed by atoms with van der Waals surface area (Å²) in [6.07, 6.45) is 1.82. The molecule has 3 unspecified atom stereocenters. The Balaban J connectivity index is 4.32. The molecule has 0 aliphatic rings. The van der Waals surface area contributed by atoms with Crippen LogP contribution in [-0.4, -0.2) is 29.6 Å². The van der Waals surface area contributed by atoms with E-state index in [0.717, 1.165) is 19.3 Å². The van der Waals surface area contributed by atoms with Gasteiger partial charge in [-0.25, -0.2) is 14.6 Å². The van der Waals surface area contributed by atoms with E-state index in [1.165, 1.54) is 0 Å². The van der Waals surface area contributed by atoms with Gasteiger partial charge in [0, 0.05) is 0 Å². The molecular weight excluding hydrogens is 296 g/mol. The Kier molecular flexibility index (Phi) is 10.5. The van der Waals surface area contributed by atoms with Gasteiger partial charge in [-0.3, -0.25) is 0 Å². The van der Waals surface area contributed by atoms with Crippen molar-refractivity contribution in [1.82, 2.24) is 0 Å². The summed E-state index contributed by atoms with van der Waals surface area (Å²) in [5.41, 5.74) is -0.303. The molecule has 0 amide bonds. The number of carboxylic acid groups (broad SMARTS) is 1. The van der Waals surface area contributed by atoms with Crippen molar-refractivity contribution >= 4 is 6.16 Å². The largest absolute Gasteiger partial charge is 0.506 e. The second-order valence-electron chi connectivity index (χ2n) is 7.80. The summed E-state index contributed by atoms with van der Waals surface area (Å²) in [5, 5.41) is 8.93. The summed E-state index contributed by atoms with van der Waals surface area (Å²) >= 11 is 0. The lowest BCUT2D eigenvalue weighted by Crippen LogP contribution is -2.27. The highest BCUT2D eigenvalue weighted by atomic mass is 17.2. The normalized spacial score (nSPS) is 16.2. The Morgan fingerprint density at radius 2 is 1.61 bits per heavy atom. The van der Waals surface area contributed by atoms with E-state index < -0.39 is 6.16 Å². The van der Waals surface area contributed by atoms with Crippen LogP contribution < -0.4 is 0 Å². The fourth-order valence-electron chi connectivity index (χ4n) is 2.57. The van der Waals surface area contributed by atoms with Gasteiger partial charge in [0.15, 0.2) is 0 Å². The maximum absolute atomic E-state index is 10.9. The summed E-state index contributed by atoms with van der Waals surface area (Å²) in [7, 11) is 0. The van der Waals surface area contributed by atoms with Crippen molar-refractivity contribution < 1.29 is 24.4 Å². The predicted molar refractivity (Wildman–Crippen MR) is 91.3 cm³/mol. The van der Waals surface area contributed by atoms with E-state index in [0.29, 0.717) is 24.9 Å². The first kappa shape index (κ1) is 22.2. The van der Waals surface area contributed by atoms with Crippen LogP contribution in [0.4, 0.5) is 4.79 Å². The Hall–Kier alpha value is -0.810. The third-order valence-electron chi connectivity index (χ3n) is 3.96. The number of hydrogen-bond donors (Lipinski definition) is 1. The highest BCUT2D eigenvalue weighted by Crippen LogP contribution is 2.23. The summed E-state index contributed by atoms with van der Waals surface area (Å²) in [6.45, 7) is 14.9. The van der Waals surface area contributed by atoms with Gasteiger partial charge >= 0.3 is 6.16 Å². The van der Waals surface area contributed by atoms with Gasteiger partial charge in [0.25, 0.3) is 0 Å². The number of hydrogen-bond acceptors (Lipinski definition) is 4. The minimum absolute atomic E-state index is 0.165. The van der Waals surface area contributed by atoms with Gasteiger partial charge in [-0.2, -0.15) is 0 Å². The van der Waals surface area contributed by atoms with Crippen LogP contribution in [-0.2, 0) is 14.5 Å². The third kappa shape index (κ3) is 12.3. The summed E-state index contributed by atoms with van der Waals surface area (Å²) in [6, 6.07) is 0. The summed E-state index contributed by atoms with van der Waals surface area (Å²) in [5.74, 6) is 1.20. The van der Waals surface area contributed by atoms with E-state index in [2.05, 4.69) is 20.8 Å². The van der Waals surface area contributed by atoms with Gasteiger partial charge in [0.2, 0.25) is 0 Å². The van der Waals surface area contributed by atoms with Gasteiger partial charge in [-0.05, 0) is 57.3 Å². The number of carbonyl (C=O) groups is 1. The molecule has 0 aromatic heterocycles. The molecule has 0 radical (unpaired) electrons. The van der Waals surface area contributed by atoms with Crippen molar-refractivity contribution in [3.8, 4) is 0 Å². The second kappa shape index (κ2) is 10.9. The number of ether oxygens (including phenoxy) is 1. The lowest BCUT2D eigenvalue weighted by Gasteiger charge is -2.25. The molecule has 5 heteroatoms. The predicted octanol–water partition coefficient (Wildman–Crippen LogP) is 5.28. The zero-order valence-corrected chi connectivity index (χ0v) is 15.9. The third-order valence-corrected chi connectivity index (χ3v) is 3.96. The van der Waals surface area contributed by atoms with Crippen molar-refractivity contribution in [2.45, 2.75) is 85.9 Å². The van der Waals surface area contributed by atoms with Crippen LogP contribution in [0, 0.1) is 17.8 Å². The molecule has 0 fully saturated rings. The van der Waals surface area contributed by atoms with Crippen molar-refractivity contribution in [2.24, 2.45) is 17.8 Å². The molecule has 0 spiro atoms. The van der Waals surface area contributed by atoms with Gasteiger partial charge in [-0.1, -0.05) is 34.6 Å². The lowest BCUT2D eigenvalue weighted by molar-refractivity contribution is -0.358. The molecule has 0 bridgehead atoms. The fourth-order valence-corrected chi connectivity index (χ4v) is 2.57. The van der Waals surface area contributed by atoms with Crippen LogP contribution >= 0.6 is 0 Å². The highest BCUT2D eigenvalue weighted by molar-refractivity contribution is 5.57. The highest BCUT2D eigenvalue weighted by Gasteiger charge is 2.22. The topological polar surface area (TPSA) is 65.0 Å². The molecule has 5 nitrogen and oxygen atoms in total. The number of rotatable bonds is 12. The zero-order chi connectivity index (χ0) is 18.0. The molecule has 0 saturated carbocycles. The zero-order valence-electron chi connectivity index (χ0n) is 15.9. The van der Waals surface area contributed by atoms with Crippen LogP contribution in [0.1, 0.15) is 74.1 Å². The van der Waals surface area contributed by atoms with Gasteiger partial charge in [0.1, 0.15) is 6.10 Å². The van der Waals surface area contributed by atoms with E-state index in [1.54, 1.807) is 0 Å². The van der Waals surface area contributed by atoms with Crippen LogP contribution in [0.3, 0.4) is 0 Å². The molecule has 0 aliphatic carbocycles. The molecule has 0 saturated heterocycles. The maximum Gasteiger partial charge on any atom is 0.506 e. The van der Waals surface area contributed by atoms with Crippen LogP contribution in [0.15, 0.2) is 0 Å². The molecule has 138 valence electrons. The minimum atomic E-state index is -1.21. The Morgan fingerprint density at radius 3 is 2.09 bits per heavy atom. The van der Waals surface area contributed by atoms with E-state index in [-0.39, 0.29) is 17.6 Å². The second-order valence-corrected chi connectivity index (χ2v) is 7.80. The monoisotopic (exact) mass is 332 g/mol. The first-order chi connectivity index (χ1) is 10.6. The fraction of sp³-hybridized carbons (Fsp3) is 0.944. The summed E-state index contributed by atoms with van der Waals surface area (Å²) in [4.78, 5) is 21.6. The van der Waals surface area contributed by atoms with Crippen LogP contribution in [0.25, 0.3) is 0 Å². The smallest absolute Gasteiger partial charge is 0.450 e. The van der Waals surface area contributed by atoms with E-state index in [1.807, 2.05) is 27.7 Å². The first-order valence-electron chi connectivity index (χ1n) is 8.75. The maximum atomic E-state index is 10.9. The van der Waals surface area contributed by atoms with Gasteiger partial charge in [0.05, 0.1) is 12.2 Å². The molecule has 0 rings (SSSR count). The molecule has 23 heavy (non-hydrogen) atoms. The van der Waals surface area contributed by atoms with Crippen LogP contribution in [0.5, 0.6) is 0 Å². The van der Waals surface area contributed by atoms with Crippen LogP contribution in [0.2, 0.25) is 0 Å². The Bertz CT molecular complexity index is 327. The van der Waals surface area contributed by atoms with Crippen molar-refractivity contribution in [1.29, 1.82) is 0 Å². The first-order valence-corrected chi connectivity index (χ1v) is 8.75. The quantitative estimate of drug-likeness (QED) is 0.299. The molecule has 3 atom stereocenters. The molecule has 1 N–H and O–H groups in total. The Labute approximate surface area is 141 Å². The summed E-state index contributed by atoms with van der Waals surface area (Å²) < 4.78 is 5.06. The van der Waals surface area contributed by atoms with E-state index in [4.69, 9.17) is 19.6 Å². The molecule has 0 aromatic rings. The molecular formula is C18H36O5. The SMILES string of the molecule is CCC(C)(C)OOCC(C)CC(CC(C)CC(C)C)OC(=O)O. The molecule has 0 aliphatic heterocycles. The standard InChI is InChI=1S/C18H36O5/c1-8-18(6,7)23-21-12-15(5)11-16(22-17(19)20)10-14(4)9-13(2)3/h13-16H,8-12H2,1-7H3,(H,19,20). The van der Waals surface area contributed by atoms with Crippen molar-refractivity contribution in [2.75, 3.05) is 6.61 Å². The van der Waals surface area contributed by atoms with Gasteiger partial charge in [-0.15, -0.1) is 0 Å². The average molecular weight is 332 g/mol. The van der Waals surface area contributed by atoms with Gasteiger partial charge < -0.3 is 9.84 Å². The molecule has 0 heterocycles. The Morgan fingerprint density at radius 1 is 1.04 bits per heavy atom.